The van der Waals surface area contributed by atoms with Crippen LogP contribution in [0.5, 0.6) is 0 Å². The fourth-order valence-electron chi connectivity index (χ4n) is 2.39. The highest BCUT2D eigenvalue weighted by Gasteiger charge is 2.10. The van der Waals surface area contributed by atoms with E-state index in [-0.39, 0.29) is 11.8 Å². The lowest BCUT2D eigenvalue weighted by atomic mass is 10.1. The van der Waals surface area contributed by atoms with Gasteiger partial charge in [0, 0.05) is 49.0 Å². The molecule has 0 aliphatic carbocycles. The van der Waals surface area contributed by atoms with Gasteiger partial charge >= 0.3 is 0 Å². The fraction of sp³-hybridized carbons (Fsp3) is 0.105. The molecule has 1 N–H and O–H groups in total. The standard InChI is InChI=1S/C19H18N4O2/c1-22(2)19(25)15-4-3-5-16(12-15)21-18(24)14-6-8-17(9-7-14)23-11-10-20-13-23/h3-13H,1-2H3,(H,21,24). The third-order valence-corrected chi connectivity index (χ3v) is 3.71. The molecule has 3 aromatic rings. The molecule has 0 radical (unpaired) electrons. The molecule has 0 unspecified atom stereocenters. The van der Waals surface area contributed by atoms with Crippen LogP contribution in [0.25, 0.3) is 5.69 Å². The molecule has 0 atom stereocenters. The number of benzene rings is 2. The molecule has 0 saturated carbocycles. The Morgan fingerprint density at radius 3 is 2.44 bits per heavy atom. The van der Waals surface area contributed by atoms with Gasteiger partial charge in [0.25, 0.3) is 11.8 Å². The van der Waals surface area contributed by atoms with Crippen molar-refractivity contribution in [3.05, 3.63) is 78.4 Å². The van der Waals surface area contributed by atoms with Crippen molar-refractivity contribution in [2.24, 2.45) is 0 Å². The molecule has 0 bridgehead atoms. The number of carbonyl (C=O) groups is 2. The Balaban J connectivity index is 1.74. The average molecular weight is 334 g/mol. The smallest absolute Gasteiger partial charge is 0.255 e. The number of imidazole rings is 1. The predicted octanol–water partition coefficient (Wildman–Crippen LogP) is 2.83. The molecular weight excluding hydrogens is 316 g/mol. The molecule has 0 aliphatic rings. The summed E-state index contributed by atoms with van der Waals surface area (Å²) in [6, 6.07) is 14.1. The molecule has 0 spiro atoms. The van der Waals surface area contributed by atoms with Crippen molar-refractivity contribution in [1.29, 1.82) is 0 Å². The summed E-state index contributed by atoms with van der Waals surface area (Å²) in [6.07, 6.45) is 5.23. The summed E-state index contributed by atoms with van der Waals surface area (Å²) < 4.78 is 1.86. The van der Waals surface area contributed by atoms with Crippen LogP contribution >= 0.6 is 0 Å². The van der Waals surface area contributed by atoms with Crippen molar-refractivity contribution in [2.45, 2.75) is 0 Å². The third-order valence-electron chi connectivity index (χ3n) is 3.71. The molecule has 0 fully saturated rings. The van der Waals surface area contributed by atoms with Gasteiger partial charge in [-0.15, -0.1) is 0 Å². The lowest BCUT2D eigenvalue weighted by molar-refractivity contribution is 0.0827. The summed E-state index contributed by atoms with van der Waals surface area (Å²) in [4.78, 5) is 29.9. The van der Waals surface area contributed by atoms with Crippen molar-refractivity contribution >= 4 is 17.5 Å². The number of amides is 2. The largest absolute Gasteiger partial charge is 0.345 e. The minimum atomic E-state index is -0.230. The molecule has 6 nitrogen and oxygen atoms in total. The molecule has 6 heteroatoms. The molecule has 1 heterocycles. The first-order valence-corrected chi connectivity index (χ1v) is 7.76. The van der Waals surface area contributed by atoms with Crippen LogP contribution in [-0.4, -0.2) is 40.4 Å². The van der Waals surface area contributed by atoms with Gasteiger partial charge in [0.2, 0.25) is 0 Å². The SMILES string of the molecule is CN(C)C(=O)c1cccc(NC(=O)c2ccc(-n3ccnc3)cc2)c1. The topological polar surface area (TPSA) is 67.2 Å². The predicted molar refractivity (Wildman–Crippen MR) is 96.0 cm³/mol. The van der Waals surface area contributed by atoms with E-state index in [1.54, 1.807) is 63.0 Å². The molecule has 0 aliphatic heterocycles. The van der Waals surface area contributed by atoms with E-state index in [4.69, 9.17) is 0 Å². The zero-order valence-corrected chi connectivity index (χ0v) is 14.0. The summed E-state index contributed by atoms with van der Waals surface area (Å²) in [5.74, 6) is -0.340. The number of carbonyl (C=O) groups excluding carboxylic acids is 2. The summed E-state index contributed by atoms with van der Waals surface area (Å²) in [5, 5.41) is 2.82. The molecule has 2 aromatic carbocycles. The van der Waals surface area contributed by atoms with Crippen molar-refractivity contribution in [3.8, 4) is 5.69 Å². The van der Waals surface area contributed by atoms with E-state index in [0.29, 0.717) is 16.8 Å². The van der Waals surface area contributed by atoms with Gasteiger partial charge in [-0.05, 0) is 42.5 Å². The maximum atomic E-state index is 12.4. The van der Waals surface area contributed by atoms with Crippen molar-refractivity contribution in [3.63, 3.8) is 0 Å². The van der Waals surface area contributed by atoms with Crippen molar-refractivity contribution in [2.75, 3.05) is 19.4 Å². The van der Waals surface area contributed by atoms with E-state index in [9.17, 15) is 9.59 Å². The molecule has 126 valence electrons. The zero-order chi connectivity index (χ0) is 17.8. The van der Waals surface area contributed by atoms with Crippen molar-refractivity contribution < 1.29 is 9.59 Å². The lowest BCUT2D eigenvalue weighted by Crippen LogP contribution is -2.21. The minimum Gasteiger partial charge on any atom is -0.345 e. The van der Waals surface area contributed by atoms with Crippen LogP contribution in [0, 0.1) is 0 Å². The van der Waals surface area contributed by atoms with Crippen LogP contribution in [0.15, 0.2) is 67.3 Å². The number of rotatable bonds is 4. The summed E-state index contributed by atoms with van der Waals surface area (Å²) in [7, 11) is 3.38. The highest BCUT2D eigenvalue weighted by molar-refractivity contribution is 6.05. The Morgan fingerprint density at radius 2 is 1.80 bits per heavy atom. The van der Waals surface area contributed by atoms with E-state index in [1.807, 2.05) is 22.9 Å². The maximum Gasteiger partial charge on any atom is 0.255 e. The highest BCUT2D eigenvalue weighted by atomic mass is 16.2. The van der Waals surface area contributed by atoms with Crippen LogP contribution < -0.4 is 5.32 Å². The van der Waals surface area contributed by atoms with Gasteiger partial charge < -0.3 is 14.8 Å². The van der Waals surface area contributed by atoms with Gasteiger partial charge in [-0.2, -0.15) is 0 Å². The lowest BCUT2D eigenvalue weighted by Gasteiger charge is -2.12. The van der Waals surface area contributed by atoms with E-state index >= 15 is 0 Å². The number of hydrogen-bond donors (Lipinski definition) is 1. The quantitative estimate of drug-likeness (QED) is 0.798. The first-order chi connectivity index (χ1) is 12.0. The van der Waals surface area contributed by atoms with Gasteiger partial charge in [-0.1, -0.05) is 6.07 Å². The second-order valence-corrected chi connectivity index (χ2v) is 5.75. The second-order valence-electron chi connectivity index (χ2n) is 5.75. The van der Waals surface area contributed by atoms with E-state index < -0.39 is 0 Å². The molecule has 25 heavy (non-hydrogen) atoms. The Kier molecular flexibility index (Phi) is 4.61. The molecule has 0 saturated heterocycles. The van der Waals surface area contributed by atoms with Gasteiger partial charge in [0.05, 0.1) is 6.33 Å². The van der Waals surface area contributed by atoms with Crippen molar-refractivity contribution in [1.82, 2.24) is 14.5 Å². The van der Waals surface area contributed by atoms with Crippen LogP contribution in [0.3, 0.4) is 0 Å². The average Bonchev–Trinajstić information content (AvgIpc) is 3.16. The molecule has 1 aromatic heterocycles. The first kappa shape index (κ1) is 16.4. The van der Waals surface area contributed by atoms with Crippen LogP contribution in [0.4, 0.5) is 5.69 Å². The Bertz CT molecular complexity index is 884. The zero-order valence-electron chi connectivity index (χ0n) is 14.0. The molecule has 2 amide bonds. The van der Waals surface area contributed by atoms with E-state index in [1.165, 1.54) is 4.90 Å². The van der Waals surface area contributed by atoms with Crippen LogP contribution in [0.2, 0.25) is 0 Å². The molecule has 3 rings (SSSR count). The van der Waals surface area contributed by atoms with E-state index in [0.717, 1.165) is 5.69 Å². The number of hydrogen-bond acceptors (Lipinski definition) is 3. The van der Waals surface area contributed by atoms with Gasteiger partial charge in [-0.3, -0.25) is 9.59 Å². The number of anilines is 1. The number of aromatic nitrogens is 2. The van der Waals surface area contributed by atoms with Crippen LogP contribution in [-0.2, 0) is 0 Å². The number of nitrogens with one attached hydrogen (secondary N) is 1. The normalized spacial score (nSPS) is 10.3. The van der Waals surface area contributed by atoms with Gasteiger partial charge in [-0.25, -0.2) is 4.98 Å². The van der Waals surface area contributed by atoms with Gasteiger partial charge in [0.1, 0.15) is 0 Å². The third kappa shape index (κ3) is 3.74. The Morgan fingerprint density at radius 1 is 1.04 bits per heavy atom. The maximum absolute atomic E-state index is 12.4. The number of nitrogens with zero attached hydrogens (tertiary/aromatic N) is 3. The fourth-order valence-corrected chi connectivity index (χ4v) is 2.39. The monoisotopic (exact) mass is 334 g/mol. The Hall–Kier alpha value is -3.41. The van der Waals surface area contributed by atoms with Crippen LogP contribution in [0.1, 0.15) is 20.7 Å². The summed E-state index contributed by atoms with van der Waals surface area (Å²) in [6.45, 7) is 0. The highest BCUT2D eigenvalue weighted by Crippen LogP contribution is 2.15. The second kappa shape index (κ2) is 7.00. The van der Waals surface area contributed by atoms with Gasteiger partial charge in [0.15, 0.2) is 0 Å². The van der Waals surface area contributed by atoms with E-state index in [2.05, 4.69) is 10.3 Å². The Labute approximate surface area is 145 Å². The molecular formula is C19H18N4O2. The summed E-state index contributed by atoms with van der Waals surface area (Å²) >= 11 is 0. The first-order valence-electron chi connectivity index (χ1n) is 7.76. The minimum absolute atomic E-state index is 0.110. The summed E-state index contributed by atoms with van der Waals surface area (Å²) in [5.41, 5.74) is 2.57.